The van der Waals surface area contributed by atoms with Gasteiger partial charge in [0.1, 0.15) is 5.82 Å². The van der Waals surface area contributed by atoms with E-state index in [-0.39, 0.29) is 23.8 Å². The molecule has 1 amide bonds. The molecule has 1 aromatic heterocycles. The molecule has 128 valence electrons. The fraction of sp³-hybridized carbons (Fsp3) is 0.556. The van der Waals surface area contributed by atoms with Crippen LogP contribution in [0.25, 0.3) is 10.9 Å². The third-order valence-electron chi connectivity index (χ3n) is 5.18. The Labute approximate surface area is 140 Å². The number of halogens is 1. The largest absolute Gasteiger partial charge is 0.348 e. The first-order valence-corrected chi connectivity index (χ1v) is 8.76. The second-order valence-corrected chi connectivity index (χ2v) is 7.33. The van der Waals surface area contributed by atoms with Gasteiger partial charge in [-0.2, -0.15) is 5.10 Å². The summed E-state index contributed by atoms with van der Waals surface area (Å²) in [6, 6.07) is 5.81. The number of nitrogens with one attached hydrogen (secondary N) is 2. The first kappa shape index (κ1) is 15.6. The lowest BCUT2D eigenvalue weighted by molar-refractivity contribution is 0.0919. The monoisotopic (exact) mass is 330 g/mol. The number of aromatic nitrogens is 2. The highest BCUT2D eigenvalue weighted by Gasteiger charge is 2.34. The summed E-state index contributed by atoms with van der Waals surface area (Å²) in [4.78, 5) is 12.8. The molecule has 2 fully saturated rings. The Balaban J connectivity index is 1.63. The van der Waals surface area contributed by atoms with E-state index in [1.54, 1.807) is 10.7 Å². The van der Waals surface area contributed by atoms with Crippen LogP contribution in [0, 0.1) is 5.82 Å². The third kappa shape index (κ3) is 2.69. The van der Waals surface area contributed by atoms with Crippen molar-refractivity contribution < 1.29 is 9.18 Å². The van der Waals surface area contributed by atoms with Crippen LogP contribution in [0.15, 0.2) is 18.2 Å². The Hall–Kier alpha value is -1.95. The van der Waals surface area contributed by atoms with E-state index in [0.717, 1.165) is 18.4 Å². The highest BCUT2D eigenvalue weighted by atomic mass is 19.1. The Kier molecular flexibility index (Phi) is 3.79. The zero-order valence-electron chi connectivity index (χ0n) is 14.1. The van der Waals surface area contributed by atoms with E-state index in [1.165, 1.54) is 25.0 Å². The second kappa shape index (κ2) is 5.84. The van der Waals surface area contributed by atoms with Gasteiger partial charge in [-0.3, -0.25) is 9.48 Å². The van der Waals surface area contributed by atoms with Crippen LogP contribution in [0.3, 0.4) is 0 Å². The molecule has 2 aliphatic heterocycles. The molecule has 0 saturated carbocycles. The van der Waals surface area contributed by atoms with Crippen LogP contribution in [-0.2, 0) is 0 Å². The molecule has 5 nitrogen and oxygen atoms in total. The normalized spacial score (nSPS) is 26.2. The number of amides is 1. The molecule has 0 aliphatic carbocycles. The summed E-state index contributed by atoms with van der Waals surface area (Å²) in [6.45, 7) is 4.00. The van der Waals surface area contributed by atoms with Gasteiger partial charge in [0.25, 0.3) is 5.91 Å². The predicted molar refractivity (Wildman–Crippen MR) is 90.5 cm³/mol. The minimum atomic E-state index is -0.347. The van der Waals surface area contributed by atoms with E-state index < -0.39 is 0 Å². The van der Waals surface area contributed by atoms with Crippen molar-refractivity contribution >= 4 is 16.8 Å². The van der Waals surface area contributed by atoms with Gasteiger partial charge in [-0.05, 0) is 57.7 Å². The Morgan fingerprint density at radius 1 is 1.33 bits per heavy atom. The van der Waals surface area contributed by atoms with Gasteiger partial charge >= 0.3 is 0 Å². The standard InChI is InChI=1S/C18H23FN4O/c1-10(2)23-16-6-3-11(19)7-15(16)17(22-23)18(24)21-14-8-12-4-5-13(9-14)20-12/h3,6-7,10,12-14,20H,4-5,8-9H2,1-2H3,(H,21,24)/t12-,13+,14?. The molecule has 1 aromatic carbocycles. The number of rotatable bonds is 3. The maximum Gasteiger partial charge on any atom is 0.272 e. The van der Waals surface area contributed by atoms with Gasteiger partial charge in [0.05, 0.1) is 5.52 Å². The molecule has 2 saturated heterocycles. The van der Waals surface area contributed by atoms with Crippen molar-refractivity contribution in [1.82, 2.24) is 20.4 Å². The van der Waals surface area contributed by atoms with Crippen molar-refractivity contribution in [2.24, 2.45) is 0 Å². The van der Waals surface area contributed by atoms with Crippen molar-refractivity contribution in [1.29, 1.82) is 0 Å². The van der Waals surface area contributed by atoms with Crippen LogP contribution >= 0.6 is 0 Å². The number of nitrogens with zero attached hydrogens (tertiary/aromatic N) is 2. The minimum Gasteiger partial charge on any atom is -0.348 e. The zero-order valence-corrected chi connectivity index (χ0v) is 14.1. The molecule has 24 heavy (non-hydrogen) atoms. The van der Waals surface area contributed by atoms with Gasteiger partial charge in [0, 0.05) is 29.6 Å². The zero-order chi connectivity index (χ0) is 16.8. The van der Waals surface area contributed by atoms with Gasteiger partial charge in [0.2, 0.25) is 0 Å². The summed E-state index contributed by atoms with van der Waals surface area (Å²) in [5, 5.41) is 11.7. The van der Waals surface area contributed by atoms with E-state index >= 15 is 0 Å². The first-order valence-electron chi connectivity index (χ1n) is 8.76. The Morgan fingerprint density at radius 3 is 2.71 bits per heavy atom. The summed E-state index contributed by atoms with van der Waals surface area (Å²) in [6.07, 6.45) is 4.29. The topological polar surface area (TPSA) is 59.0 Å². The van der Waals surface area contributed by atoms with Gasteiger partial charge in [0.15, 0.2) is 5.69 Å². The first-order chi connectivity index (χ1) is 11.5. The van der Waals surface area contributed by atoms with Crippen LogP contribution in [0.5, 0.6) is 0 Å². The number of carbonyl (C=O) groups excluding carboxylic acids is 1. The fourth-order valence-corrected chi connectivity index (χ4v) is 4.10. The fourth-order valence-electron chi connectivity index (χ4n) is 4.10. The Bertz CT molecular complexity index is 773. The van der Waals surface area contributed by atoms with Gasteiger partial charge in [-0.15, -0.1) is 0 Å². The van der Waals surface area contributed by atoms with E-state index in [0.29, 0.717) is 23.2 Å². The average molecular weight is 330 g/mol. The molecule has 2 aliphatic rings. The molecule has 2 aromatic rings. The predicted octanol–water partition coefficient (Wildman–Crippen LogP) is 2.77. The number of hydrogen-bond acceptors (Lipinski definition) is 3. The molecule has 2 bridgehead atoms. The van der Waals surface area contributed by atoms with Crippen molar-refractivity contribution in [2.75, 3.05) is 0 Å². The lowest BCUT2D eigenvalue weighted by Gasteiger charge is -2.29. The summed E-state index contributed by atoms with van der Waals surface area (Å²) < 4.78 is 15.5. The molecule has 6 heteroatoms. The van der Waals surface area contributed by atoms with Crippen LogP contribution in [0.2, 0.25) is 0 Å². The lowest BCUT2D eigenvalue weighted by atomic mass is 9.99. The number of piperidine rings is 1. The van der Waals surface area contributed by atoms with Gasteiger partial charge < -0.3 is 10.6 Å². The van der Waals surface area contributed by atoms with E-state index in [4.69, 9.17) is 0 Å². The van der Waals surface area contributed by atoms with Crippen LogP contribution in [0.4, 0.5) is 4.39 Å². The van der Waals surface area contributed by atoms with Crippen molar-refractivity contribution in [3.8, 4) is 0 Å². The van der Waals surface area contributed by atoms with Crippen molar-refractivity contribution in [3.63, 3.8) is 0 Å². The second-order valence-electron chi connectivity index (χ2n) is 7.33. The lowest BCUT2D eigenvalue weighted by Crippen LogP contribution is -2.48. The molecule has 0 radical (unpaired) electrons. The van der Waals surface area contributed by atoms with Crippen LogP contribution in [-0.4, -0.2) is 33.8 Å². The van der Waals surface area contributed by atoms with Gasteiger partial charge in [-0.1, -0.05) is 0 Å². The summed E-state index contributed by atoms with van der Waals surface area (Å²) in [5.41, 5.74) is 1.12. The van der Waals surface area contributed by atoms with Crippen molar-refractivity contribution in [3.05, 3.63) is 29.7 Å². The molecule has 2 N–H and O–H groups in total. The summed E-state index contributed by atoms with van der Waals surface area (Å²) in [5.74, 6) is -0.545. The SMILES string of the molecule is CC(C)n1nc(C(=O)NC2C[C@H]3CC[C@@H](C2)N3)c2cc(F)ccc21. The maximum atomic E-state index is 13.7. The quantitative estimate of drug-likeness (QED) is 0.910. The highest BCUT2D eigenvalue weighted by molar-refractivity contribution is 6.05. The molecule has 4 rings (SSSR count). The van der Waals surface area contributed by atoms with E-state index in [1.807, 2.05) is 13.8 Å². The summed E-state index contributed by atoms with van der Waals surface area (Å²) >= 11 is 0. The smallest absolute Gasteiger partial charge is 0.272 e. The molecule has 1 unspecified atom stereocenters. The molecule has 0 spiro atoms. The van der Waals surface area contributed by atoms with E-state index in [2.05, 4.69) is 15.7 Å². The van der Waals surface area contributed by atoms with E-state index in [9.17, 15) is 9.18 Å². The number of carbonyl (C=O) groups is 1. The maximum absolute atomic E-state index is 13.7. The molecule has 3 heterocycles. The van der Waals surface area contributed by atoms with Crippen LogP contribution in [0.1, 0.15) is 56.1 Å². The highest BCUT2D eigenvalue weighted by Crippen LogP contribution is 2.28. The number of hydrogen-bond donors (Lipinski definition) is 2. The minimum absolute atomic E-state index is 0.106. The number of fused-ring (bicyclic) bond motifs is 3. The molecule has 3 atom stereocenters. The third-order valence-corrected chi connectivity index (χ3v) is 5.18. The van der Waals surface area contributed by atoms with Crippen molar-refractivity contribution in [2.45, 2.75) is 63.7 Å². The Morgan fingerprint density at radius 2 is 2.04 bits per heavy atom. The van der Waals surface area contributed by atoms with Crippen LogP contribution < -0.4 is 10.6 Å². The average Bonchev–Trinajstić information content (AvgIpc) is 3.07. The molecular weight excluding hydrogens is 307 g/mol. The number of benzene rings is 1. The summed E-state index contributed by atoms with van der Waals surface area (Å²) in [7, 11) is 0. The van der Waals surface area contributed by atoms with Gasteiger partial charge in [-0.25, -0.2) is 4.39 Å². The molecular formula is C18H23FN4O.